The minimum absolute atomic E-state index is 0.483. The van der Waals surface area contributed by atoms with E-state index in [9.17, 15) is 5.26 Å². The molecule has 362 valence electrons. The summed E-state index contributed by atoms with van der Waals surface area (Å²) in [6, 6.07) is 92.3. The average Bonchev–Trinajstić information content (AvgIpc) is 4.33. The lowest BCUT2D eigenvalue weighted by Gasteiger charge is -2.13. The van der Waals surface area contributed by atoms with Crippen molar-refractivity contribution >= 4 is 87.2 Å². The van der Waals surface area contributed by atoms with E-state index >= 15 is 0 Å². The molecule has 5 aromatic heterocycles. The van der Waals surface area contributed by atoms with Crippen molar-refractivity contribution in [3.63, 3.8) is 0 Å². The third-order valence-corrected chi connectivity index (χ3v) is 15.7. The highest BCUT2D eigenvalue weighted by molar-refractivity contribution is 6.14. The zero-order valence-electron chi connectivity index (χ0n) is 41.8. The lowest BCUT2D eigenvalue weighted by atomic mass is 10.0. The molecule has 78 heavy (non-hydrogen) atoms. The molecule has 0 N–H and O–H groups in total. The van der Waals surface area contributed by atoms with E-state index in [1.54, 1.807) is 0 Å². The second-order valence-electron chi connectivity index (χ2n) is 20.0. The molecule has 16 aromatic rings. The highest BCUT2D eigenvalue weighted by Crippen LogP contribution is 2.41. The van der Waals surface area contributed by atoms with Crippen LogP contribution in [0.15, 0.2) is 255 Å². The van der Waals surface area contributed by atoms with E-state index in [-0.39, 0.29) is 0 Å². The maximum atomic E-state index is 9.80. The summed E-state index contributed by atoms with van der Waals surface area (Å²) in [6.45, 7) is 0. The number of hydrogen-bond donors (Lipinski definition) is 0. The normalized spacial score (nSPS) is 11.8. The Labute approximate surface area is 446 Å². The third kappa shape index (κ3) is 6.62. The Balaban J connectivity index is 0.876. The van der Waals surface area contributed by atoms with Crippen molar-refractivity contribution in [1.82, 2.24) is 33.2 Å². The first-order valence-corrected chi connectivity index (χ1v) is 26.2. The van der Waals surface area contributed by atoms with E-state index in [0.29, 0.717) is 23.3 Å². The van der Waals surface area contributed by atoms with Crippen molar-refractivity contribution in [3.8, 4) is 63.0 Å². The molecule has 0 bridgehead atoms. The van der Waals surface area contributed by atoms with E-state index < -0.39 is 0 Å². The van der Waals surface area contributed by atoms with E-state index in [1.165, 1.54) is 32.6 Å². The first-order valence-electron chi connectivity index (χ1n) is 26.2. The molecule has 0 atom stereocenters. The van der Waals surface area contributed by atoms with Crippen molar-refractivity contribution in [2.75, 3.05) is 0 Å². The SMILES string of the molecule is N#Cc1ccc(-c2nc(-n3c4ccccc4c4cc(-c5ccc6c7ccccc7n(-c7ccccc7)c6c5)ccc43)nc(-n3c4ccccc4c4cc(-c5ccc6c7ccccc7n(-c7ccccc7)c6c5)ccc43)n2)cc1. The smallest absolute Gasteiger partial charge is 0.240 e. The summed E-state index contributed by atoms with van der Waals surface area (Å²) >= 11 is 0. The molecule has 0 fully saturated rings. The minimum Gasteiger partial charge on any atom is -0.309 e. The second kappa shape index (κ2) is 17.1. The Hall–Kier alpha value is -10.9. The quantitative estimate of drug-likeness (QED) is 0.159. The lowest BCUT2D eigenvalue weighted by molar-refractivity contribution is 0.893. The summed E-state index contributed by atoms with van der Waals surface area (Å²) in [7, 11) is 0. The van der Waals surface area contributed by atoms with Gasteiger partial charge in [-0.2, -0.15) is 20.2 Å². The molecular formula is C70H42N8. The third-order valence-electron chi connectivity index (χ3n) is 15.7. The molecule has 11 aromatic carbocycles. The minimum atomic E-state index is 0.483. The fraction of sp³-hybridized carbons (Fsp3) is 0. The van der Waals surface area contributed by atoms with Crippen LogP contribution in [-0.2, 0) is 0 Å². The number of hydrogen-bond acceptors (Lipinski definition) is 4. The van der Waals surface area contributed by atoms with Crippen molar-refractivity contribution < 1.29 is 0 Å². The number of aromatic nitrogens is 7. The van der Waals surface area contributed by atoms with E-state index in [4.69, 9.17) is 15.0 Å². The molecular weight excluding hydrogens is 953 g/mol. The maximum absolute atomic E-state index is 9.80. The first-order chi connectivity index (χ1) is 38.6. The Bertz CT molecular complexity index is 4860. The van der Waals surface area contributed by atoms with Crippen LogP contribution in [0.1, 0.15) is 5.56 Å². The van der Waals surface area contributed by atoms with Gasteiger partial charge in [-0.05, 0) is 131 Å². The van der Waals surface area contributed by atoms with E-state index in [1.807, 2.05) is 24.3 Å². The molecule has 0 spiro atoms. The van der Waals surface area contributed by atoms with Crippen LogP contribution in [0.5, 0.6) is 0 Å². The summed E-state index contributed by atoms with van der Waals surface area (Å²) < 4.78 is 9.07. The van der Waals surface area contributed by atoms with Gasteiger partial charge in [0.05, 0.1) is 55.8 Å². The zero-order valence-corrected chi connectivity index (χ0v) is 41.8. The van der Waals surface area contributed by atoms with Crippen LogP contribution in [-0.4, -0.2) is 33.2 Å². The molecule has 0 aliphatic heterocycles. The van der Waals surface area contributed by atoms with Gasteiger partial charge in [0.2, 0.25) is 11.9 Å². The van der Waals surface area contributed by atoms with Gasteiger partial charge in [-0.25, -0.2) is 0 Å². The summed E-state index contributed by atoms with van der Waals surface area (Å²) in [5.41, 5.74) is 16.6. The van der Waals surface area contributed by atoms with Crippen LogP contribution in [0.4, 0.5) is 0 Å². The molecule has 0 radical (unpaired) electrons. The lowest BCUT2D eigenvalue weighted by Crippen LogP contribution is -2.10. The van der Waals surface area contributed by atoms with Crippen LogP contribution in [0.25, 0.3) is 144 Å². The van der Waals surface area contributed by atoms with Gasteiger partial charge in [0.1, 0.15) is 0 Å². The fourth-order valence-electron chi connectivity index (χ4n) is 12.1. The predicted molar refractivity (Wildman–Crippen MR) is 318 cm³/mol. The van der Waals surface area contributed by atoms with Gasteiger partial charge in [0, 0.05) is 60.0 Å². The monoisotopic (exact) mass is 994 g/mol. The largest absolute Gasteiger partial charge is 0.309 e. The van der Waals surface area contributed by atoms with Gasteiger partial charge < -0.3 is 9.13 Å². The van der Waals surface area contributed by atoms with Crippen LogP contribution in [0.3, 0.4) is 0 Å². The highest BCUT2D eigenvalue weighted by Gasteiger charge is 2.23. The number of nitriles is 1. The molecule has 0 unspecified atom stereocenters. The van der Waals surface area contributed by atoms with Crippen molar-refractivity contribution in [1.29, 1.82) is 5.26 Å². The number of fused-ring (bicyclic) bond motifs is 12. The second-order valence-corrected chi connectivity index (χ2v) is 20.0. The Morgan fingerprint density at radius 3 is 1.03 bits per heavy atom. The predicted octanol–water partition coefficient (Wildman–Crippen LogP) is 17.1. The van der Waals surface area contributed by atoms with Crippen molar-refractivity contribution in [2.24, 2.45) is 0 Å². The van der Waals surface area contributed by atoms with Crippen LogP contribution >= 0.6 is 0 Å². The van der Waals surface area contributed by atoms with Gasteiger partial charge in [-0.15, -0.1) is 0 Å². The molecule has 5 heterocycles. The van der Waals surface area contributed by atoms with Gasteiger partial charge in [-0.1, -0.05) is 146 Å². The first kappa shape index (κ1) is 43.5. The standard InChI is InChI=1S/C70H42N8/c71-43-44-27-29-45(30-28-44)68-72-69(77-62-25-13-9-21-54(62)58-39-46(33-37-64(58)77)48-31-35-56-52-19-7-11-23-60(52)75(66(56)41-48)50-15-3-1-4-16-50)74-70(73-68)78-63-26-14-10-22-55(63)59-40-47(34-38-65(59)78)49-32-36-57-53-20-8-12-24-61(53)76(67(57)42-49)51-17-5-2-6-18-51/h1-42H. The van der Waals surface area contributed by atoms with Gasteiger partial charge >= 0.3 is 0 Å². The van der Waals surface area contributed by atoms with Crippen LogP contribution in [0, 0.1) is 11.3 Å². The zero-order chi connectivity index (χ0) is 51.4. The Morgan fingerprint density at radius 2 is 0.590 bits per heavy atom. The van der Waals surface area contributed by atoms with Gasteiger partial charge in [0.25, 0.3) is 0 Å². The number of benzene rings is 11. The van der Waals surface area contributed by atoms with Crippen LogP contribution < -0.4 is 0 Å². The van der Waals surface area contributed by atoms with Crippen molar-refractivity contribution in [2.45, 2.75) is 0 Å². The summed E-state index contributed by atoms with van der Waals surface area (Å²) in [6.07, 6.45) is 0. The summed E-state index contributed by atoms with van der Waals surface area (Å²) in [4.78, 5) is 16.1. The topological polar surface area (TPSA) is 82.2 Å². The van der Waals surface area contributed by atoms with E-state index in [2.05, 4.69) is 255 Å². The molecule has 16 rings (SSSR count). The molecule has 0 saturated heterocycles. The molecule has 0 aliphatic carbocycles. The van der Waals surface area contributed by atoms with Gasteiger partial charge in [-0.3, -0.25) is 9.13 Å². The van der Waals surface area contributed by atoms with Crippen molar-refractivity contribution in [3.05, 3.63) is 260 Å². The molecule has 8 nitrogen and oxygen atoms in total. The Morgan fingerprint density at radius 1 is 0.256 bits per heavy atom. The molecule has 0 aliphatic rings. The van der Waals surface area contributed by atoms with Gasteiger partial charge in [0.15, 0.2) is 5.82 Å². The fourth-order valence-corrected chi connectivity index (χ4v) is 12.1. The number of rotatable bonds is 7. The highest BCUT2D eigenvalue weighted by atomic mass is 15.3. The summed E-state index contributed by atoms with van der Waals surface area (Å²) in [5.74, 6) is 1.46. The summed E-state index contributed by atoms with van der Waals surface area (Å²) in [5, 5.41) is 19.0. The molecule has 0 saturated carbocycles. The number of para-hydroxylation sites is 6. The average molecular weight is 995 g/mol. The van der Waals surface area contributed by atoms with Crippen LogP contribution in [0.2, 0.25) is 0 Å². The molecule has 8 heteroatoms. The maximum Gasteiger partial charge on any atom is 0.240 e. The molecule has 0 amide bonds. The Kier molecular flexibility index (Phi) is 9.53. The number of nitrogens with zero attached hydrogens (tertiary/aromatic N) is 8. The van der Waals surface area contributed by atoms with E-state index in [0.717, 1.165) is 93.8 Å².